The van der Waals surface area contributed by atoms with Crippen molar-refractivity contribution in [1.29, 1.82) is 0 Å². The number of anilines is 1. The lowest BCUT2D eigenvalue weighted by atomic mass is 10.1. The average molecular weight is 627 g/mol. The molecule has 1 aliphatic rings. The molecule has 0 radical (unpaired) electrons. The smallest absolute Gasteiger partial charge is 0.280 e. The van der Waals surface area contributed by atoms with E-state index in [0.29, 0.717) is 33.6 Å². The van der Waals surface area contributed by atoms with Crippen LogP contribution in [0.1, 0.15) is 19.4 Å². The number of halogens is 4. The Morgan fingerprint density at radius 3 is 2.59 bits per heavy atom. The van der Waals surface area contributed by atoms with Crippen LogP contribution in [0.5, 0.6) is 5.75 Å². The highest BCUT2D eigenvalue weighted by molar-refractivity contribution is 14.1. The molecule has 0 unspecified atom stereocenters. The number of carbonyl (C=O) groups excluding carboxylic acids is 1. The first-order chi connectivity index (χ1) is 12.8. The predicted molar refractivity (Wildman–Crippen MR) is 128 cm³/mol. The molecule has 8 heteroatoms. The topological polar surface area (TPSA) is 41.9 Å². The van der Waals surface area contributed by atoms with Crippen LogP contribution in [0, 0.1) is 7.14 Å². The van der Waals surface area contributed by atoms with Gasteiger partial charge in [-0.1, -0.05) is 23.2 Å². The predicted octanol–water partition coefficient (Wildman–Crippen LogP) is 6.41. The molecule has 1 aliphatic heterocycles. The summed E-state index contributed by atoms with van der Waals surface area (Å²) in [5.74, 6) is 0.543. The molecule has 2 aromatic rings. The van der Waals surface area contributed by atoms with Crippen LogP contribution in [-0.2, 0) is 4.79 Å². The summed E-state index contributed by atoms with van der Waals surface area (Å²) in [5.41, 5.74) is 2.56. The number of hydrazone groups is 1. The molecule has 0 bridgehead atoms. The van der Waals surface area contributed by atoms with Gasteiger partial charge >= 0.3 is 0 Å². The van der Waals surface area contributed by atoms with E-state index in [1.54, 1.807) is 25.1 Å². The molecule has 1 amide bonds. The Balaban J connectivity index is 2.03. The third-order valence-electron chi connectivity index (χ3n) is 3.84. The Bertz CT molecular complexity index is 990. The molecule has 0 saturated carbocycles. The van der Waals surface area contributed by atoms with E-state index < -0.39 is 0 Å². The monoisotopic (exact) mass is 626 g/mol. The summed E-state index contributed by atoms with van der Waals surface area (Å²) in [7, 11) is 0. The maximum absolute atomic E-state index is 13.0. The summed E-state index contributed by atoms with van der Waals surface area (Å²) in [6.45, 7) is 4.29. The van der Waals surface area contributed by atoms with Crippen molar-refractivity contribution in [3.8, 4) is 5.75 Å². The van der Waals surface area contributed by atoms with Gasteiger partial charge in [-0.15, -0.1) is 0 Å². The minimum absolute atomic E-state index is 0.220. The van der Waals surface area contributed by atoms with Gasteiger partial charge < -0.3 is 4.74 Å². The van der Waals surface area contributed by atoms with Crippen molar-refractivity contribution in [1.82, 2.24) is 0 Å². The Labute approximate surface area is 194 Å². The highest BCUT2D eigenvalue weighted by Gasteiger charge is 2.29. The van der Waals surface area contributed by atoms with Gasteiger partial charge in [-0.2, -0.15) is 10.1 Å². The van der Waals surface area contributed by atoms with Crippen LogP contribution in [0.15, 0.2) is 41.0 Å². The van der Waals surface area contributed by atoms with E-state index in [1.165, 1.54) is 5.01 Å². The van der Waals surface area contributed by atoms with Gasteiger partial charge in [0.05, 0.1) is 37.2 Å². The van der Waals surface area contributed by atoms with E-state index in [0.717, 1.165) is 18.5 Å². The van der Waals surface area contributed by atoms with Crippen molar-refractivity contribution in [3.05, 3.63) is 58.7 Å². The van der Waals surface area contributed by atoms with Crippen LogP contribution in [0.4, 0.5) is 5.69 Å². The van der Waals surface area contributed by atoms with E-state index in [9.17, 15) is 4.79 Å². The van der Waals surface area contributed by atoms with Gasteiger partial charge in [-0.25, -0.2) is 0 Å². The van der Waals surface area contributed by atoms with Crippen molar-refractivity contribution in [2.75, 3.05) is 11.6 Å². The van der Waals surface area contributed by atoms with Gasteiger partial charge in [0.25, 0.3) is 5.91 Å². The molecule has 3 rings (SSSR count). The maximum Gasteiger partial charge on any atom is 0.280 e. The lowest BCUT2D eigenvalue weighted by Gasteiger charge is -2.13. The summed E-state index contributed by atoms with van der Waals surface area (Å²) < 4.78 is 7.85. The van der Waals surface area contributed by atoms with Crippen LogP contribution in [-0.4, -0.2) is 18.2 Å². The van der Waals surface area contributed by atoms with Gasteiger partial charge in [-0.05, 0) is 95.4 Å². The minimum atomic E-state index is -0.220. The van der Waals surface area contributed by atoms with Crippen LogP contribution in [0.25, 0.3) is 6.08 Å². The molecule has 2 aromatic carbocycles. The molecular formula is C19H14Cl2I2N2O2. The molecule has 0 aliphatic carbocycles. The van der Waals surface area contributed by atoms with E-state index >= 15 is 0 Å². The first-order valence-electron chi connectivity index (χ1n) is 8.00. The summed E-state index contributed by atoms with van der Waals surface area (Å²) in [6, 6.07) is 9.01. The Hall–Kier alpha value is -0.840. The van der Waals surface area contributed by atoms with Crippen molar-refractivity contribution < 1.29 is 9.53 Å². The zero-order valence-corrected chi connectivity index (χ0v) is 20.2. The SMILES string of the molecule is CCOc1c(I)cc(I)cc1/C=C1\C(=O)N(c2ccc(Cl)c(Cl)c2)N=C1C. The second kappa shape index (κ2) is 8.67. The second-order valence-electron chi connectivity index (χ2n) is 5.70. The van der Waals surface area contributed by atoms with Crippen molar-refractivity contribution in [2.24, 2.45) is 5.10 Å². The fourth-order valence-electron chi connectivity index (χ4n) is 2.62. The Morgan fingerprint density at radius 2 is 1.93 bits per heavy atom. The van der Waals surface area contributed by atoms with Gasteiger partial charge in [0, 0.05) is 9.13 Å². The van der Waals surface area contributed by atoms with E-state index in [4.69, 9.17) is 27.9 Å². The third-order valence-corrected chi connectivity index (χ3v) is 6.00. The number of nitrogens with zero attached hydrogens (tertiary/aromatic N) is 2. The summed E-state index contributed by atoms with van der Waals surface area (Å²) in [5, 5.41) is 6.53. The van der Waals surface area contributed by atoms with Crippen molar-refractivity contribution in [2.45, 2.75) is 13.8 Å². The fraction of sp³-hybridized carbons (Fsp3) is 0.158. The maximum atomic E-state index is 13.0. The fourth-order valence-corrected chi connectivity index (χ4v) is 4.95. The molecule has 0 spiro atoms. The first-order valence-corrected chi connectivity index (χ1v) is 10.9. The molecule has 140 valence electrons. The quantitative estimate of drug-likeness (QED) is 0.291. The van der Waals surface area contributed by atoms with Gasteiger partial charge in [-0.3, -0.25) is 4.79 Å². The van der Waals surface area contributed by atoms with Gasteiger partial charge in [0.2, 0.25) is 0 Å². The van der Waals surface area contributed by atoms with Crippen LogP contribution in [0.2, 0.25) is 10.0 Å². The van der Waals surface area contributed by atoms with E-state index in [2.05, 4.69) is 50.3 Å². The summed E-state index contributed by atoms with van der Waals surface area (Å²) in [4.78, 5) is 13.0. The molecule has 4 nitrogen and oxygen atoms in total. The number of ether oxygens (including phenoxy) is 1. The van der Waals surface area contributed by atoms with Gasteiger partial charge in [0.15, 0.2) is 0 Å². The number of benzene rings is 2. The zero-order valence-electron chi connectivity index (χ0n) is 14.4. The van der Waals surface area contributed by atoms with Crippen LogP contribution >= 0.6 is 68.4 Å². The lowest BCUT2D eigenvalue weighted by molar-refractivity contribution is -0.114. The summed E-state index contributed by atoms with van der Waals surface area (Å²) in [6.07, 6.45) is 1.83. The summed E-state index contributed by atoms with van der Waals surface area (Å²) >= 11 is 16.5. The lowest BCUT2D eigenvalue weighted by Crippen LogP contribution is -2.21. The van der Waals surface area contributed by atoms with Crippen LogP contribution < -0.4 is 9.75 Å². The Kier molecular flexibility index (Phi) is 6.70. The van der Waals surface area contributed by atoms with Crippen molar-refractivity contribution in [3.63, 3.8) is 0 Å². The Morgan fingerprint density at radius 1 is 1.19 bits per heavy atom. The molecule has 0 atom stereocenters. The minimum Gasteiger partial charge on any atom is -0.492 e. The second-order valence-corrected chi connectivity index (χ2v) is 8.92. The standard InChI is InChI=1S/C19H14Cl2I2N2O2/c1-3-27-18-11(6-12(22)8-17(18)23)7-14-10(2)24-25(19(14)26)13-4-5-15(20)16(21)9-13/h4-9H,3H2,1-2H3/b14-7-. The number of rotatable bonds is 4. The average Bonchev–Trinajstić information content (AvgIpc) is 2.88. The molecule has 0 saturated heterocycles. The van der Waals surface area contributed by atoms with Crippen molar-refractivity contribution >= 4 is 91.8 Å². The molecule has 0 fully saturated rings. The van der Waals surface area contributed by atoms with E-state index in [-0.39, 0.29) is 5.91 Å². The number of hydrogen-bond donors (Lipinski definition) is 0. The highest BCUT2D eigenvalue weighted by Crippen LogP contribution is 2.34. The molecule has 1 heterocycles. The highest BCUT2D eigenvalue weighted by atomic mass is 127. The van der Waals surface area contributed by atoms with E-state index in [1.807, 2.05) is 25.1 Å². The van der Waals surface area contributed by atoms with Crippen LogP contribution in [0.3, 0.4) is 0 Å². The molecule has 0 N–H and O–H groups in total. The van der Waals surface area contributed by atoms with Gasteiger partial charge in [0.1, 0.15) is 5.75 Å². The number of hydrogen-bond acceptors (Lipinski definition) is 3. The number of amides is 1. The molecule has 0 aromatic heterocycles. The first kappa shape index (κ1) is 20.9. The molecule has 27 heavy (non-hydrogen) atoms. The number of carbonyl (C=O) groups is 1. The largest absolute Gasteiger partial charge is 0.492 e. The third kappa shape index (κ3) is 4.44. The zero-order chi connectivity index (χ0) is 19.7. The normalized spacial score (nSPS) is 15.5. The molecular weight excluding hydrogens is 613 g/mol.